The maximum atomic E-state index is 8.94. The Labute approximate surface area is 141 Å². The SMILES string of the molecule is COc1cc(OCCO)cc(-c2ccc(OC)c(OC)c2OC)c1. The van der Waals surface area contributed by atoms with Gasteiger partial charge in [-0.2, -0.15) is 0 Å². The van der Waals surface area contributed by atoms with Gasteiger partial charge in [0.15, 0.2) is 11.5 Å². The van der Waals surface area contributed by atoms with Crippen molar-refractivity contribution in [2.24, 2.45) is 0 Å². The molecule has 0 spiro atoms. The highest BCUT2D eigenvalue weighted by Gasteiger charge is 2.18. The third-order valence-corrected chi connectivity index (χ3v) is 3.49. The van der Waals surface area contributed by atoms with E-state index in [1.807, 2.05) is 24.3 Å². The molecule has 2 aromatic carbocycles. The molecule has 0 atom stereocenters. The molecule has 0 aliphatic rings. The number of rotatable bonds is 8. The van der Waals surface area contributed by atoms with E-state index in [4.69, 9.17) is 28.8 Å². The van der Waals surface area contributed by atoms with Crippen molar-refractivity contribution in [3.8, 4) is 39.9 Å². The van der Waals surface area contributed by atoms with Crippen molar-refractivity contribution in [1.29, 1.82) is 0 Å². The van der Waals surface area contributed by atoms with Gasteiger partial charge in [0.05, 0.1) is 35.0 Å². The molecule has 0 unspecified atom stereocenters. The summed E-state index contributed by atoms with van der Waals surface area (Å²) in [5.41, 5.74) is 1.64. The lowest BCUT2D eigenvalue weighted by Gasteiger charge is -2.17. The summed E-state index contributed by atoms with van der Waals surface area (Å²) in [6.45, 7) is 0.141. The topological polar surface area (TPSA) is 66.4 Å². The number of benzene rings is 2. The predicted octanol–water partition coefficient (Wildman–Crippen LogP) is 2.76. The largest absolute Gasteiger partial charge is 0.497 e. The highest BCUT2D eigenvalue weighted by atomic mass is 16.5. The zero-order valence-electron chi connectivity index (χ0n) is 14.3. The van der Waals surface area contributed by atoms with Crippen molar-refractivity contribution in [3.63, 3.8) is 0 Å². The Morgan fingerprint density at radius 1 is 0.792 bits per heavy atom. The minimum atomic E-state index is -0.0633. The lowest BCUT2D eigenvalue weighted by molar-refractivity contribution is 0.201. The number of ether oxygens (including phenoxy) is 5. The fourth-order valence-electron chi connectivity index (χ4n) is 2.42. The van der Waals surface area contributed by atoms with Gasteiger partial charge in [-0.25, -0.2) is 0 Å². The van der Waals surface area contributed by atoms with Gasteiger partial charge in [-0.05, 0) is 29.8 Å². The molecule has 2 rings (SSSR count). The van der Waals surface area contributed by atoms with E-state index in [0.717, 1.165) is 11.1 Å². The second-order valence-electron chi connectivity index (χ2n) is 4.85. The molecule has 0 bridgehead atoms. The van der Waals surface area contributed by atoms with Crippen LogP contribution in [0.5, 0.6) is 28.7 Å². The van der Waals surface area contributed by atoms with E-state index in [1.165, 1.54) is 0 Å². The van der Waals surface area contributed by atoms with Crippen molar-refractivity contribution >= 4 is 0 Å². The van der Waals surface area contributed by atoms with Crippen molar-refractivity contribution in [3.05, 3.63) is 30.3 Å². The molecule has 0 saturated carbocycles. The summed E-state index contributed by atoms with van der Waals surface area (Å²) in [6, 6.07) is 9.17. The van der Waals surface area contributed by atoms with E-state index in [1.54, 1.807) is 34.5 Å². The fraction of sp³-hybridized carbons (Fsp3) is 0.333. The molecule has 0 heterocycles. The number of hydrogen-bond donors (Lipinski definition) is 1. The summed E-state index contributed by atoms with van der Waals surface area (Å²) in [6.07, 6.45) is 0. The van der Waals surface area contributed by atoms with E-state index >= 15 is 0 Å². The smallest absolute Gasteiger partial charge is 0.203 e. The zero-order valence-corrected chi connectivity index (χ0v) is 14.3. The Balaban J connectivity index is 2.58. The molecular weight excluding hydrogens is 312 g/mol. The molecule has 0 fully saturated rings. The number of aliphatic hydroxyl groups excluding tert-OH is 1. The number of methoxy groups -OCH3 is 4. The van der Waals surface area contributed by atoms with E-state index in [0.29, 0.717) is 28.7 Å². The second kappa shape index (κ2) is 8.31. The molecule has 0 aliphatic carbocycles. The molecule has 0 amide bonds. The third-order valence-electron chi connectivity index (χ3n) is 3.49. The number of hydrogen-bond acceptors (Lipinski definition) is 6. The van der Waals surface area contributed by atoms with E-state index in [9.17, 15) is 0 Å². The van der Waals surface area contributed by atoms with Crippen LogP contribution in [-0.2, 0) is 0 Å². The lowest BCUT2D eigenvalue weighted by atomic mass is 10.0. The summed E-state index contributed by atoms with van der Waals surface area (Å²) < 4.78 is 27.1. The average Bonchev–Trinajstić information content (AvgIpc) is 2.64. The van der Waals surface area contributed by atoms with Gasteiger partial charge in [0.1, 0.15) is 18.1 Å². The van der Waals surface area contributed by atoms with Gasteiger partial charge in [-0.3, -0.25) is 0 Å². The monoisotopic (exact) mass is 334 g/mol. The van der Waals surface area contributed by atoms with Gasteiger partial charge < -0.3 is 28.8 Å². The third kappa shape index (κ3) is 3.65. The van der Waals surface area contributed by atoms with E-state index in [-0.39, 0.29) is 13.2 Å². The van der Waals surface area contributed by atoms with Gasteiger partial charge in [0, 0.05) is 11.6 Å². The van der Waals surface area contributed by atoms with Crippen LogP contribution in [0.3, 0.4) is 0 Å². The lowest BCUT2D eigenvalue weighted by Crippen LogP contribution is -2.02. The first-order valence-electron chi connectivity index (χ1n) is 7.40. The molecule has 6 heteroatoms. The summed E-state index contributed by atoms with van der Waals surface area (Å²) in [4.78, 5) is 0. The van der Waals surface area contributed by atoms with Crippen LogP contribution in [0.2, 0.25) is 0 Å². The minimum absolute atomic E-state index is 0.0633. The van der Waals surface area contributed by atoms with Crippen molar-refractivity contribution in [2.75, 3.05) is 41.7 Å². The first kappa shape index (κ1) is 17.7. The van der Waals surface area contributed by atoms with Crippen LogP contribution in [0.25, 0.3) is 11.1 Å². The van der Waals surface area contributed by atoms with Crippen LogP contribution in [0.4, 0.5) is 0 Å². The van der Waals surface area contributed by atoms with Crippen LogP contribution in [-0.4, -0.2) is 46.8 Å². The fourth-order valence-corrected chi connectivity index (χ4v) is 2.42. The maximum Gasteiger partial charge on any atom is 0.203 e. The summed E-state index contributed by atoms with van der Waals surface area (Å²) in [5, 5.41) is 8.94. The molecule has 0 aliphatic heterocycles. The molecule has 0 aromatic heterocycles. The van der Waals surface area contributed by atoms with E-state index in [2.05, 4.69) is 0 Å². The van der Waals surface area contributed by atoms with Crippen LogP contribution in [0, 0.1) is 0 Å². The first-order valence-corrected chi connectivity index (χ1v) is 7.40. The Morgan fingerprint density at radius 2 is 1.50 bits per heavy atom. The summed E-state index contributed by atoms with van der Waals surface area (Å²) >= 11 is 0. The standard InChI is InChI=1S/C18H22O6/c1-20-13-9-12(10-14(11-13)24-8-7-19)15-5-6-16(21-2)18(23-4)17(15)22-3/h5-6,9-11,19H,7-8H2,1-4H3. The van der Waals surface area contributed by atoms with Gasteiger partial charge in [0.25, 0.3) is 0 Å². The quantitative estimate of drug-likeness (QED) is 0.801. The van der Waals surface area contributed by atoms with Crippen LogP contribution in [0.1, 0.15) is 0 Å². The first-order chi connectivity index (χ1) is 11.7. The molecule has 130 valence electrons. The van der Waals surface area contributed by atoms with Crippen molar-refractivity contribution in [1.82, 2.24) is 0 Å². The van der Waals surface area contributed by atoms with Crippen LogP contribution < -0.4 is 23.7 Å². The normalized spacial score (nSPS) is 10.2. The zero-order chi connectivity index (χ0) is 17.5. The second-order valence-corrected chi connectivity index (χ2v) is 4.85. The molecule has 1 N–H and O–H groups in total. The highest BCUT2D eigenvalue weighted by molar-refractivity contribution is 5.78. The average molecular weight is 334 g/mol. The summed E-state index contributed by atoms with van der Waals surface area (Å²) in [5.74, 6) is 2.88. The number of aliphatic hydroxyl groups is 1. The predicted molar refractivity (Wildman–Crippen MR) is 90.7 cm³/mol. The maximum absolute atomic E-state index is 8.94. The highest BCUT2D eigenvalue weighted by Crippen LogP contribution is 2.45. The van der Waals surface area contributed by atoms with Gasteiger partial charge in [0.2, 0.25) is 5.75 Å². The van der Waals surface area contributed by atoms with Crippen LogP contribution >= 0.6 is 0 Å². The Kier molecular flexibility index (Phi) is 6.14. The molecule has 24 heavy (non-hydrogen) atoms. The Bertz CT molecular complexity index is 683. The van der Waals surface area contributed by atoms with Crippen molar-refractivity contribution < 1.29 is 28.8 Å². The molecule has 0 radical (unpaired) electrons. The van der Waals surface area contributed by atoms with Gasteiger partial charge in [-0.1, -0.05) is 0 Å². The molecular formula is C18H22O6. The Morgan fingerprint density at radius 3 is 2.08 bits per heavy atom. The van der Waals surface area contributed by atoms with Gasteiger partial charge >= 0.3 is 0 Å². The molecule has 0 saturated heterocycles. The molecule has 2 aromatic rings. The summed E-state index contributed by atoms with van der Waals surface area (Å²) in [7, 11) is 6.29. The van der Waals surface area contributed by atoms with Gasteiger partial charge in [-0.15, -0.1) is 0 Å². The van der Waals surface area contributed by atoms with Crippen LogP contribution in [0.15, 0.2) is 30.3 Å². The molecule has 6 nitrogen and oxygen atoms in total. The van der Waals surface area contributed by atoms with E-state index < -0.39 is 0 Å². The Hall–Kier alpha value is -2.60. The minimum Gasteiger partial charge on any atom is -0.497 e. The van der Waals surface area contributed by atoms with Crippen molar-refractivity contribution in [2.45, 2.75) is 0 Å².